The highest BCUT2D eigenvalue weighted by Gasteiger charge is 2.37. The van der Waals surface area contributed by atoms with Gasteiger partial charge in [-0.15, -0.1) is 11.6 Å². The number of benzene rings is 1. The van der Waals surface area contributed by atoms with Gasteiger partial charge in [0.25, 0.3) is 0 Å². The van der Waals surface area contributed by atoms with E-state index in [0.717, 1.165) is 6.42 Å². The van der Waals surface area contributed by atoms with E-state index in [2.05, 4.69) is 0 Å². The Morgan fingerprint density at radius 1 is 1.18 bits per heavy atom. The summed E-state index contributed by atoms with van der Waals surface area (Å²) < 4.78 is 26.1. The van der Waals surface area contributed by atoms with E-state index in [4.69, 9.17) is 11.6 Å². The fourth-order valence-electron chi connectivity index (χ4n) is 2.43. The van der Waals surface area contributed by atoms with Crippen molar-refractivity contribution in [3.8, 4) is 0 Å². The van der Waals surface area contributed by atoms with Gasteiger partial charge in [-0.2, -0.15) is 0 Å². The number of hydrogen-bond donors (Lipinski definition) is 0. The van der Waals surface area contributed by atoms with Crippen LogP contribution < -0.4 is 0 Å². The van der Waals surface area contributed by atoms with Crippen molar-refractivity contribution in [1.29, 1.82) is 0 Å². The third-order valence-corrected chi connectivity index (χ3v) is 4.06. The molecule has 0 nitrogen and oxygen atoms in total. The number of halogens is 3. The van der Waals surface area contributed by atoms with E-state index in [1.807, 2.05) is 30.3 Å². The SMILES string of the molecule is FC1(F)CCC(C(Cl)Cc2ccccc2)CC1. The lowest BCUT2D eigenvalue weighted by molar-refractivity contribution is -0.0459. The average molecular weight is 259 g/mol. The molecule has 2 rings (SSSR count). The molecule has 0 saturated heterocycles. The fraction of sp³-hybridized carbons (Fsp3) is 0.571. The Morgan fingerprint density at radius 2 is 1.76 bits per heavy atom. The van der Waals surface area contributed by atoms with Crippen molar-refractivity contribution in [3.05, 3.63) is 35.9 Å². The van der Waals surface area contributed by atoms with E-state index in [-0.39, 0.29) is 24.1 Å². The Bertz CT molecular complexity index is 340. The van der Waals surface area contributed by atoms with E-state index in [0.29, 0.717) is 12.8 Å². The molecule has 1 unspecified atom stereocenters. The molecule has 1 aromatic carbocycles. The molecule has 0 aliphatic heterocycles. The predicted molar refractivity (Wildman–Crippen MR) is 66.7 cm³/mol. The van der Waals surface area contributed by atoms with E-state index < -0.39 is 5.92 Å². The fourth-order valence-corrected chi connectivity index (χ4v) is 2.86. The first kappa shape index (κ1) is 12.8. The van der Waals surface area contributed by atoms with Gasteiger partial charge >= 0.3 is 0 Å². The smallest absolute Gasteiger partial charge is 0.207 e. The molecule has 0 heterocycles. The molecule has 17 heavy (non-hydrogen) atoms. The Kier molecular flexibility index (Phi) is 4.03. The Hall–Kier alpha value is -0.630. The number of hydrogen-bond acceptors (Lipinski definition) is 0. The van der Waals surface area contributed by atoms with Crippen LogP contribution in [0.3, 0.4) is 0 Å². The lowest BCUT2D eigenvalue weighted by Gasteiger charge is -2.31. The maximum Gasteiger partial charge on any atom is 0.248 e. The summed E-state index contributed by atoms with van der Waals surface area (Å²) in [6.07, 6.45) is 1.87. The monoisotopic (exact) mass is 258 g/mol. The summed E-state index contributed by atoms with van der Waals surface area (Å²) in [5, 5.41) is -0.0199. The molecule has 1 atom stereocenters. The maximum absolute atomic E-state index is 13.0. The molecule has 1 aliphatic carbocycles. The van der Waals surface area contributed by atoms with E-state index in [1.54, 1.807) is 0 Å². The summed E-state index contributed by atoms with van der Waals surface area (Å²) in [7, 11) is 0. The zero-order valence-electron chi connectivity index (χ0n) is 9.71. The predicted octanol–water partition coefficient (Wildman–Crippen LogP) is 4.66. The van der Waals surface area contributed by atoms with Gasteiger partial charge in [0.2, 0.25) is 5.92 Å². The summed E-state index contributed by atoms with van der Waals surface area (Å²) in [4.78, 5) is 0. The number of rotatable bonds is 3. The van der Waals surface area contributed by atoms with Gasteiger partial charge in [0.15, 0.2) is 0 Å². The van der Waals surface area contributed by atoms with Crippen LogP contribution in [0.25, 0.3) is 0 Å². The first-order chi connectivity index (χ1) is 8.07. The van der Waals surface area contributed by atoms with Crippen LogP contribution in [0.15, 0.2) is 30.3 Å². The Morgan fingerprint density at radius 3 is 2.35 bits per heavy atom. The summed E-state index contributed by atoms with van der Waals surface area (Å²) in [5.74, 6) is -2.23. The molecule has 0 bridgehead atoms. The minimum Gasteiger partial charge on any atom is -0.207 e. The summed E-state index contributed by atoms with van der Waals surface area (Å²) in [6.45, 7) is 0. The summed E-state index contributed by atoms with van der Waals surface area (Å²) >= 11 is 6.34. The normalized spacial score (nSPS) is 22.3. The summed E-state index contributed by atoms with van der Waals surface area (Å²) in [5.41, 5.74) is 1.19. The molecule has 0 aromatic heterocycles. The lowest BCUT2D eigenvalue weighted by Crippen LogP contribution is -2.29. The van der Waals surface area contributed by atoms with Crippen molar-refractivity contribution in [3.63, 3.8) is 0 Å². The molecule has 1 aliphatic rings. The van der Waals surface area contributed by atoms with Crippen LogP contribution >= 0.6 is 11.6 Å². The molecule has 3 heteroatoms. The Labute approximate surface area is 106 Å². The lowest BCUT2D eigenvalue weighted by atomic mass is 9.83. The van der Waals surface area contributed by atoms with Crippen molar-refractivity contribution in [2.45, 2.75) is 43.4 Å². The van der Waals surface area contributed by atoms with Gasteiger partial charge < -0.3 is 0 Å². The molecule has 0 N–H and O–H groups in total. The van der Waals surface area contributed by atoms with Crippen LogP contribution in [0.5, 0.6) is 0 Å². The van der Waals surface area contributed by atoms with Crippen molar-refractivity contribution in [1.82, 2.24) is 0 Å². The molecular weight excluding hydrogens is 242 g/mol. The van der Waals surface area contributed by atoms with Crippen LogP contribution in [0.4, 0.5) is 8.78 Å². The van der Waals surface area contributed by atoms with Gasteiger partial charge in [-0.1, -0.05) is 30.3 Å². The minimum atomic E-state index is -2.46. The molecule has 0 amide bonds. The first-order valence-corrected chi connectivity index (χ1v) is 6.56. The highest BCUT2D eigenvalue weighted by Crippen LogP contribution is 2.39. The second-order valence-corrected chi connectivity index (χ2v) is 5.46. The number of alkyl halides is 3. The molecule has 94 valence electrons. The van der Waals surface area contributed by atoms with Gasteiger partial charge in [0.1, 0.15) is 0 Å². The van der Waals surface area contributed by atoms with Gasteiger partial charge in [-0.3, -0.25) is 0 Å². The Balaban J connectivity index is 1.87. The standard InChI is InChI=1S/C14H17ClF2/c15-13(10-11-4-2-1-3-5-11)12-6-8-14(16,17)9-7-12/h1-5,12-13H,6-10H2. The molecule has 1 fully saturated rings. The molecule has 0 radical (unpaired) electrons. The second kappa shape index (κ2) is 5.34. The van der Waals surface area contributed by atoms with Crippen LogP contribution in [0, 0.1) is 5.92 Å². The summed E-state index contributed by atoms with van der Waals surface area (Å²) in [6, 6.07) is 10.00. The third kappa shape index (κ3) is 3.67. The first-order valence-electron chi connectivity index (χ1n) is 6.13. The largest absolute Gasteiger partial charge is 0.248 e. The van der Waals surface area contributed by atoms with Crippen molar-refractivity contribution >= 4 is 11.6 Å². The molecular formula is C14H17ClF2. The third-order valence-electron chi connectivity index (χ3n) is 3.55. The van der Waals surface area contributed by atoms with Crippen molar-refractivity contribution < 1.29 is 8.78 Å². The van der Waals surface area contributed by atoms with Crippen LogP contribution in [0.1, 0.15) is 31.2 Å². The molecule has 0 spiro atoms. The van der Waals surface area contributed by atoms with E-state index in [9.17, 15) is 8.78 Å². The van der Waals surface area contributed by atoms with Crippen LogP contribution in [-0.2, 0) is 6.42 Å². The minimum absolute atomic E-state index is 0.00429. The van der Waals surface area contributed by atoms with Crippen LogP contribution in [-0.4, -0.2) is 11.3 Å². The van der Waals surface area contributed by atoms with Gasteiger partial charge in [-0.05, 0) is 30.7 Å². The van der Waals surface area contributed by atoms with Gasteiger partial charge in [-0.25, -0.2) is 8.78 Å². The van der Waals surface area contributed by atoms with Gasteiger partial charge in [0.05, 0.1) is 0 Å². The maximum atomic E-state index is 13.0. The molecule has 1 saturated carbocycles. The average Bonchev–Trinajstić information content (AvgIpc) is 2.30. The van der Waals surface area contributed by atoms with E-state index in [1.165, 1.54) is 5.56 Å². The molecule has 1 aromatic rings. The van der Waals surface area contributed by atoms with Gasteiger partial charge in [0, 0.05) is 18.2 Å². The zero-order valence-corrected chi connectivity index (χ0v) is 10.5. The van der Waals surface area contributed by atoms with Crippen molar-refractivity contribution in [2.24, 2.45) is 5.92 Å². The second-order valence-electron chi connectivity index (χ2n) is 4.90. The van der Waals surface area contributed by atoms with Crippen molar-refractivity contribution in [2.75, 3.05) is 0 Å². The highest BCUT2D eigenvalue weighted by molar-refractivity contribution is 6.20. The quantitative estimate of drug-likeness (QED) is 0.692. The van der Waals surface area contributed by atoms with Crippen LogP contribution in [0.2, 0.25) is 0 Å². The zero-order chi connectivity index (χ0) is 12.3. The van der Waals surface area contributed by atoms with E-state index >= 15 is 0 Å². The topological polar surface area (TPSA) is 0 Å². The highest BCUT2D eigenvalue weighted by atomic mass is 35.5.